The van der Waals surface area contributed by atoms with E-state index in [1.165, 1.54) is 12.1 Å². The molecule has 2 N–H and O–H groups in total. The van der Waals surface area contributed by atoms with E-state index >= 15 is 0 Å². The van der Waals surface area contributed by atoms with Crippen molar-refractivity contribution in [2.45, 2.75) is 44.2 Å². The minimum atomic E-state index is -4.37. The molecule has 1 fully saturated rings. The number of nitrogens with zero attached hydrogens (tertiary/aromatic N) is 1. The second kappa shape index (κ2) is 8.00. The van der Waals surface area contributed by atoms with Crippen LogP contribution in [0.3, 0.4) is 0 Å². The van der Waals surface area contributed by atoms with E-state index in [2.05, 4.69) is 0 Å². The number of halogens is 3. The second-order valence-corrected chi connectivity index (χ2v) is 7.10. The summed E-state index contributed by atoms with van der Waals surface area (Å²) in [6.07, 6.45) is -4.32. The quantitative estimate of drug-likeness (QED) is 0.816. The number of alkyl halides is 3. The molecule has 1 aliphatic heterocycles. The summed E-state index contributed by atoms with van der Waals surface area (Å²) in [7, 11) is 0. The summed E-state index contributed by atoms with van der Waals surface area (Å²) in [5, 5.41) is 21.2. The summed E-state index contributed by atoms with van der Waals surface area (Å²) < 4.78 is 38.4. The maximum absolute atomic E-state index is 12.8. The van der Waals surface area contributed by atoms with Crippen molar-refractivity contribution >= 4 is 0 Å². The zero-order valence-electron chi connectivity index (χ0n) is 15.2. The van der Waals surface area contributed by atoms with Crippen LogP contribution in [0, 0.1) is 0 Å². The van der Waals surface area contributed by atoms with Crippen LogP contribution in [-0.2, 0) is 6.18 Å². The Morgan fingerprint density at radius 2 is 1.52 bits per heavy atom. The van der Waals surface area contributed by atoms with Crippen LogP contribution in [-0.4, -0.2) is 40.5 Å². The first-order chi connectivity index (χ1) is 12.8. The molecule has 3 unspecified atom stereocenters. The highest BCUT2D eigenvalue weighted by Gasteiger charge is 2.32. The molecule has 0 aliphatic carbocycles. The standard InChI is InChI=1S/C21H24F3NO2/c1-14(19(26)20(27)25-12-4-5-13-25)17-6-2-3-7-18(17)15-8-10-16(11-9-15)21(22,23)24/h2-3,6-11,14,19-20,26-27H,4-5,12-13H2,1H3. The van der Waals surface area contributed by atoms with Gasteiger partial charge in [0.25, 0.3) is 0 Å². The van der Waals surface area contributed by atoms with E-state index < -0.39 is 24.1 Å². The third-order valence-corrected chi connectivity index (χ3v) is 5.31. The van der Waals surface area contributed by atoms with E-state index in [0.29, 0.717) is 5.56 Å². The Balaban J connectivity index is 1.87. The lowest BCUT2D eigenvalue weighted by atomic mass is 9.87. The summed E-state index contributed by atoms with van der Waals surface area (Å²) in [6.45, 7) is 3.34. The molecule has 0 spiro atoms. The first-order valence-corrected chi connectivity index (χ1v) is 9.16. The molecule has 0 amide bonds. The van der Waals surface area contributed by atoms with Crippen LogP contribution in [0.4, 0.5) is 13.2 Å². The third-order valence-electron chi connectivity index (χ3n) is 5.31. The van der Waals surface area contributed by atoms with Crippen molar-refractivity contribution in [3.63, 3.8) is 0 Å². The number of rotatable bonds is 5. The van der Waals surface area contributed by atoms with Crippen LogP contribution in [0.1, 0.15) is 36.8 Å². The molecular formula is C21H24F3NO2. The predicted molar refractivity (Wildman–Crippen MR) is 98.1 cm³/mol. The first kappa shape index (κ1) is 19.9. The Hall–Kier alpha value is -1.89. The molecular weight excluding hydrogens is 355 g/mol. The van der Waals surface area contributed by atoms with Gasteiger partial charge >= 0.3 is 6.18 Å². The van der Waals surface area contributed by atoms with Gasteiger partial charge in [-0.15, -0.1) is 0 Å². The molecule has 27 heavy (non-hydrogen) atoms. The van der Waals surface area contributed by atoms with Crippen molar-refractivity contribution in [3.8, 4) is 11.1 Å². The number of likely N-dealkylation sites (tertiary alicyclic amines) is 1. The molecule has 2 aromatic carbocycles. The molecule has 1 heterocycles. The summed E-state index contributed by atoms with van der Waals surface area (Å²) in [6, 6.07) is 12.3. The Morgan fingerprint density at radius 3 is 2.11 bits per heavy atom. The zero-order chi connectivity index (χ0) is 19.6. The van der Waals surface area contributed by atoms with Crippen molar-refractivity contribution in [1.82, 2.24) is 4.90 Å². The number of aliphatic hydroxyl groups is 2. The number of benzene rings is 2. The van der Waals surface area contributed by atoms with Gasteiger partial charge in [0.05, 0.1) is 5.56 Å². The first-order valence-electron chi connectivity index (χ1n) is 9.16. The highest BCUT2D eigenvalue weighted by Crippen LogP contribution is 2.35. The summed E-state index contributed by atoms with van der Waals surface area (Å²) in [5.74, 6) is -0.376. The highest BCUT2D eigenvalue weighted by molar-refractivity contribution is 5.68. The Morgan fingerprint density at radius 1 is 0.926 bits per heavy atom. The fourth-order valence-corrected chi connectivity index (χ4v) is 3.66. The van der Waals surface area contributed by atoms with Crippen molar-refractivity contribution in [2.24, 2.45) is 0 Å². The topological polar surface area (TPSA) is 43.7 Å². The van der Waals surface area contributed by atoms with Gasteiger partial charge in [-0.2, -0.15) is 13.2 Å². The average Bonchev–Trinajstić information content (AvgIpc) is 3.20. The van der Waals surface area contributed by atoms with Gasteiger partial charge in [-0.25, -0.2) is 0 Å². The second-order valence-electron chi connectivity index (χ2n) is 7.10. The Kier molecular flexibility index (Phi) is 5.89. The maximum Gasteiger partial charge on any atom is 0.416 e. The van der Waals surface area contributed by atoms with Crippen LogP contribution in [0.15, 0.2) is 48.5 Å². The molecule has 6 heteroatoms. The van der Waals surface area contributed by atoms with Crippen molar-refractivity contribution in [1.29, 1.82) is 0 Å². The summed E-state index contributed by atoms with van der Waals surface area (Å²) in [5.41, 5.74) is 1.50. The van der Waals surface area contributed by atoms with Gasteiger partial charge in [0.1, 0.15) is 12.3 Å². The molecule has 146 valence electrons. The van der Waals surface area contributed by atoms with E-state index in [9.17, 15) is 23.4 Å². The molecule has 3 atom stereocenters. The number of aliphatic hydroxyl groups excluding tert-OH is 2. The smallest absolute Gasteiger partial charge is 0.388 e. The van der Waals surface area contributed by atoms with E-state index in [-0.39, 0.29) is 5.92 Å². The maximum atomic E-state index is 12.8. The molecule has 0 saturated carbocycles. The lowest BCUT2D eigenvalue weighted by molar-refractivity contribution is -0.137. The molecule has 0 bridgehead atoms. The highest BCUT2D eigenvalue weighted by atomic mass is 19.4. The van der Waals surface area contributed by atoms with Gasteiger partial charge in [0, 0.05) is 19.0 Å². The van der Waals surface area contributed by atoms with Gasteiger partial charge in [-0.05, 0) is 41.7 Å². The number of hydrogen-bond donors (Lipinski definition) is 2. The normalized spacial score (nSPS) is 19.0. The predicted octanol–water partition coefficient (Wildman–Crippen LogP) is 4.25. The lowest BCUT2D eigenvalue weighted by Gasteiger charge is -2.31. The monoisotopic (exact) mass is 379 g/mol. The van der Waals surface area contributed by atoms with Gasteiger partial charge in [0.15, 0.2) is 0 Å². The minimum absolute atomic E-state index is 0.376. The van der Waals surface area contributed by atoms with E-state index in [1.54, 1.807) is 0 Å². The molecule has 1 saturated heterocycles. The average molecular weight is 379 g/mol. The molecule has 3 nitrogen and oxygen atoms in total. The zero-order valence-corrected chi connectivity index (χ0v) is 15.2. The number of hydrogen-bond acceptors (Lipinski definition) is 3. The summed E-state index contributed by atoms with van der Waals surface area (Å²) in [4.78, 5) is 1.86. The Labute approximate surface area is 157 Å². The van der Waals surface area contributed by atoms with Crippen LogP contribution in [0.5, 0.6) is 0 Å². The van der Waals surface area contributed by atoms with E-state index in [1.807, 2.05) is 36.1 Å². The van der Waals surface area contributed by atoms with E-state index in [0.717, 1.165) is 49.2 Å². The van der Waals surface area contributed by atoms with Crippen molar-refractivity contribution in [2.75, 3.05) is 13.1 Å². The molecule has 0 radical (unpaired) electrons. The van der Waals surface area contributed by atoms with Crippen LogP contribution in [0.2, 0.25) is 0 Å². The van der Waals surface area contributed by atoms with Crippen LogP contribution in [0.25, 0.3) is 11.1 Å². The Bertz CT molecular complexity index is 755. The minimum Gasteiger partial charge on any atom is -0.388 e. The van der Waals surface area contributed by atoms with Gasteiger partial charge in [-0.1, -0.05) is 43.3 Å². The van der Waals surface area contributed by atoms with Gasteiger partial charge in [0.2, 0.25) is 0 Å². The fourth-order valence-electron chi connectivity index (χ4n) is 3.66. The van der Waals surface area contributed by atoms with E-state index in [4.69, 9.17) is 0 Å². The van der Waals surface area contributed by atoms with Crippen LogP contribution >= 0.6 is 0 Å². The molecule has 3 rings (SSSR count). The van der Waals surface area contributed by atoms with Crippen molar-refractivity contribution < 1.29 is 23.4 Å². The van der Waals surface area contributed by atoms with Gasteiger partial charge in [-0.3, -0.25) is 4.90 Å². The lowest BCUT2D eigenvalue weighted by Crippen LogP contribution is -2.44. The van der Waals surface area contributed by atoms with Gasteiger partial charge < -0.3 is 10.2 Å². The fraction of sp³-hybridized carbons (Fsp3) is 0.429. The van der Waals surface area contributed by atoms with Crippen LogP contribution < -0.4 is 0 Å². The molecule has 1 aliphatic rings. The molecule has 2 aromatic rings. The molecule has 0 aromatic heterocycles. The largest absolute Gasteiger partial charge is 0.416 e. The SMILES string of the molecule is CC(c1ccccc1-c1ccc(C(F)(F)F)cc1)C(O)C(O)N1CCCC1. The van der Waals surface area contributed by atoms with Crippen molar-refractivity contribution in [3.05, 3.63) is 59.7 Å². The summed E-state index contributed by atoms with van der Waals surface area (Å²) >= 11 is 0. The third kappa shape index (κ3) is 4.34.